The Kier molecular flexibility index (Phi) is 6.73. The van der Waals surface area contributed by atoms with Crippen molar-refractivity contribution in [2.45, 2.75) is 6.04 Å². The third-order valence-corrected chi connectivity index (χ3v) is 4.74. The summed E-state index contributed by atoms with van der Waals surface area (Å²) in [6.45, 7) is 2.21. The molecule has 2 aromatic rings. The zero-order valence-corrected chi connectivity index (χ0v) is 15.9. The number of carbonyl (C=O) groups excluding carboxylic acids is 2. The first-order valence-corrected chi connectivity index (χ1v) is 9.34. The Bertz CT molecular complexity index is 810. The van der Waals surface area contributed by atoms with Crippen LogP contribution in [-0.4, -0.2) is 56.6 Å². The summed E-state index contributed by atoms with van der Waals surface area (Å²) in [5, 5.41) is 2.69. The van der Waals surface area contributed by atoms with Gasteiger partial charge < -0.3 is 19.9 Å². The molecule has 1 aliphatic rings. The maximum atomic E-state index is 13.3. The van der Waals surface area contributed by atoms with E-state index in [0.29, 0.717) is 32.0 Å². The van der Waals surface area contributed by atoms with Crippen molar-refractivity contribution in [2.24, 2.45) is 0 Å². The summed E-state index contributed by atoms with van der Waals surface area (Å²) in [6.07, 6.45) is 0. The molecule has 0 spiro atoms. The van der Waals surface area contributed by atoms with Gasteiger partial charge in [0.2, 0.25) is 0 Å². The minimum atomic E-state index is -0.502. The highest BCUT2D eigenvalue weighted by Crippen LogP contribution is 2.14. The van der Waals surface area contributed by atoms with Gasteiger partial charge in [-0.3, -0.25) is 9.59 Å². The molecule has 6 nitrogen and oxygen atoms in total. The van der Waals surface area contributed by atoms with E-state index in [1.54, 1.807) is 11.0 Å². The number of halogens is 1. The number of nitrogens with zero attached hydrogens (tertiary/aromatic N) is 1. The van der Waals surface area contributed by atoms with Crippen LogP contribution < -0.4 is 10.2 Å². The number of amides is 2. The monoisotopic (exact) mass is 386 g/mol. The number of benzene rings is 2. The van der Waals surface area contributed by atoms with Crippen LogP contribution in [0.5, 0.6) is 0 Å². The second kappa shape index (κ2) is 9.43. The molecule has 148 valence electrons. The van der Waals surface area contributed by atoms with Crippen LogP contribution in [-0.2, 0) is 14.3 Å². The molecule has 1 aliphatic heterocycles. The van der Waals surface area contributed by atoms with E-state index in [-0.39, 0.29) is 18.4 Å². The molecule has 28 heavy (non-hydrogen) atoms. The highest BCUT2D eigenvalue weighted by molar-refractivity contribution is 5.91. The fraction of sp³-hybridized carbons (Fsp3) is 0.333. The molecule has 1 unspecified atom stereocenters. The Morgan fingerprint density at radius 2 is 1.86 bits per heavy atom. The third-order valence-electron chi connectivity index (χ3n) is 4.74. The lowest BCUT2D eigenvalue weighted by Gasteiger charge is -2.32. The lowest BCUT2D eigenvalue weighted by Crippen LogP contribution is -3.11. The van der Waals surface area contributed by atoms with Gasteiger partial charge in [-0.25, -0.2) is 4.39 Å². The minimum absolute atomic E-state index is 0.0226. The molecule has 1 fully saturated rings. The van der Waals surface area contributed by atoms with E-state index in [9.17, 15) is 14.0 Å². The van der Waals surface area contributed by atoms with Gasteiger partial charge in [-0.1, -0.05) is 36.4 Å². The highest BCUT2D eigenvalue weighted by Gasteiger charge is 2.34. The molecule has 3 rings (SSSR count). The van der Waals surface area contributed by atoms with Crippen LogP contribution in [0, 0.1) is 5.82 Å². The number of rotatable bonds is 6. The van der Waals surface area contributed by atoms with Crippen molar-refractivity contribution in [1.29, 1.82) is 0 Å². The van der Waals surface area contributed by atoms with Crippen LogP contribution in [0.3, 0.4) is 0 Å². The number of anilines is 1. The van der Waals surface area contributed by atoms with E-state index >= 15 is 0 Å². The fourth-order valence-corrected chi connectivity index (χ4v) is 3.38. The average molecular weight is 386 g/mol. The van der Waals surface area contributed by atoms with E-state index in [0.717, 1.165) is 10.5 Å². The quantitative estimate of drug-likeness (QED) is 0.775. The molecule has 2 amide bonds. The molecule has 1 heterocycles. The summed E-state index contributed by atoms with van der Waals surface area (Å²) >= 11 is 0. The zero-order chi connectivity index (χ0) is 19.9. The van der Waals surface area contributed by atoms with E-state index in [1.165, 1.54) is 18.2 Å². The van der Waals surface area contributed by atoms with Crippen LogP contribution in [0.2, 0.25) is 0 Å². The first-order valence-electron chi connectivity index (χ1n) is 9.34. The normalized spacial score (nSPS) is 16.3. The molecule has 2 N–H and O–H groups in total. The van der Waals surface area contributed by atoms with Gasteiger partial charge in [0.05, 0.1) is 20.3 Å². The second-order valence-corrected chi connectivity index (χ2v) is 6.86. The van der Waals surface area contributed by atoms with Crippen LogP contribution in [0.4, 0.5) is 10.1 Å². The molecule has 0 aliphatic carbocycles. The molecule has 0 bridgehead atoms. The van der Waals surface area contributed by atoms with E-state index in [4.69, 9.17) is 4.74 Å². The Morgan fingerprint density at radius 3 is 2.54 bits per heavy atom. The van der Waals surface area contributed by atoms with Crippen LogP contribution in [0.15, 0.2) is 54.6 Å². The van der Waals surface area contributed by atoms with Gasteiger partial charge in [-0.05, 0) is 18.2 Å². The predicted octanol–water partition coefficient (Wildman–Crippen LogP) is 0.879. The number of hydrogen-bond donors (Lipinski definition) is 2. The van der Waals surface area contributed by atoms with Gasteiger partial charge in [0.25, 0.3) is 11.8 Å². The molecule has 0 saturated carbocycles. The van der Waals surface area contributed by atoms with Crippen LogP contribution >= 0.6 is 0 Å². The van der Waals surface area contributed by atoms with Crippen molar-refractivity contribution in [1.82, 2.24) is 4.90 Å². The van der Waals surface area contributed by atoms with Gasteiger partial charge in [0, 0.05) is 24.3 Å². The third kappa shape index (κ3) is 5.15. The minimum Gasteiger partial charge on any atom is -0.378 e. The van der Waals surface area contributed by atoms with Crippen molar-refractivity contribution >= 4 is 17.5 Å². The summed E-state index contributed by atoms with van der Waals surface area (Å²) < 4.78 is 18.7. The number of quaternary nitrogens is 1. The lowest BCUT2D eigenvalue weighted by atomic mass is 10.0. The lowest BCUT2D eigenvalue weighted by molar-refractivity contribution is -0.894. The number of nitrogens with one attached hydrogen (secondary N) is 2. The van der Waals surface area contributed by atoms with Crippen molar-refractivity contribution in [3.8, 4) is 0 Å². The first kappa shape index (κ1) is 20.0. The second-order valence-electron chi connectivity index (χ2n) is 6.86. The Morgan fingerprint density at radius 1 is 1.14 bits per heavy atom. The molecule has 0 aromatic heterocycles. The number of ether oxygens (including phenoxy) is 1. The van der Waals surface area contributed by atoms with Crippen molar-refractivity contribution in [3.63, 3.8) is 0 Å². The van der Waals surface area contributed by atoms with Crippen LogP contribution in [0.25, 0.3) is 0 Å². The SMILES string of the molecule is C[NH+](CC(=O)Nc1cccc(F)c1)[C@H](C(=O)N1CCOCC1)c1ccccc1. The zero-order valence-electron chi connectivity index (χ0n) is 15.9. The summed E-state index contributed by atoms with van der Waals surface area (Å²) in [7, 11) is 1.82. The van der Waals surface area contributed by atoms with E-state index in [2.05, 4.69) is 5.32 Å². The number of morpholine rings is 1. The number of carbonyl (C=O) groups is 2. The standard InChI is InChI=1S/C21H24FN3O3/c1-24(15-19(26)23-18-9-5-8-17(22)14-18)20(16-6-3-2-4-7-16)21(27)25-10-12-28-13-11-25/h2-9,14,20H,10-13,15H2,1H3,(H,23,26)/p+1/t20-/m0/s1. The maximum Gasteiger partial charge on any atom is 0.285 e. The van der Waals surface area contributed by atoms with Gasteiger partial charge in [0.15, 0.2) is 12.6 Å². The van der Waals surface area contributed by atoms with Crippen molar-refractivity contribution < 1.29 is 23.6 Å². The average Bonchev–Trinajstić information content (AvgIpc) is 2.69. The number of likely N-dealkylation sites (N-methyl/N-ethyl adjacent to an activating group) is 1. The smallest absolute Gasteiger partial charge is 0.285 e. The summed E-state index contributed by atoms with van der Waals surface area (Å²) in [5.41, 5.74) is 1.25. The topological polar surface area (TPSA) is 63.1 Å². The Labute approximate surface area is 163 Å². The van der Waals surface area contributed by atoms with Crippen LogP contribution in [0.1, 0.15) is 11.6 Å². The molecule has 2 aromatic carbocycles. The van der Waals surface area contributed by atoms with Crippen molar-refractivity contribution in [3.05, 3.63) is 66.0 Å². The van der Waals surface area contributed by atoms with Gasteiger partial charge in [-0.2, -0.15) is 0 Å². The molecular weight excluding hydrogens is 361 g/mol. The maximum absolute atomic E-state index is 13.3. The fourth-order valence-electron chi connectivity index (χ4n) is 3.38. The molecule has 1 saturated heterocycles. The van der Waals surface area contributed by atoms with Gasteiger partial charge in [-0.15, -0.1) is 0 Å². The number of hydrogen-bond acceptors (Lipinski definition) is 3. The molecule has 7 heteroatoms. The highest BCUT2D eigenvalue weighted by atomic mass is 19.1. The van der Waals surface area contributed by atoms with Gasteiger partial charge >= 0.3 is 0 Å². The summed E-state index contributed by atoms with van der Waals surface area (Å²) in [4.78, 5) is 28.2. The Hall–Kier alpha value is -2.77. The summed E-state index contributed by atoms with van der Waals surface area (Å²) in [6, 6.07) is 14.7. The summed E-state index contributed by atoms with van der Waals surface area (Å²) in [5.74, 6) is -0.715. The van der Waals surface area contributed by atoms with Gasteiger partial charge in [0.1, 0.15) is 5.82 Å². The largest absolute Gasteiger partial charge is 0.378 e. The molecule has 0 radical (unpaired) electrons. The van der Waals surface area contributed by atoms with E-state index < -0.39 is 11.9 Å². The predicted molar refractivity (Wildman–Crippen MR) is 103 cm³/mol. The van der Waals surface area contributed by atoms with Crippen molar-refractivity contribution in [2.75, 3.05) is 45.2 Å². The van der Waals surface area contributed by atoms with E-state index in [1.807, 2.05) is 37.4 Å². The molecular formula is C21H25FN3O3+. The Balaban J connectivity index is 1.73. The molecule has 2 atom stereocenters. The first-order chi connectivity index (χ1) is 13.5.